The Labute approximate surface area is 137 Å². The quantitative estimate of drug-likeness (QED) is 0.230. The van der Waals surface area contributed by atoms with Gasteiger partial charge in [-0.2, -0.15) is 0 Å². The molecule has 2 fully saturated rings. The summed E-state index contributed by atoms with van der Waals surface area (Å²) in [5.74, 6) is 0. The molecule has 2 rings (SSSR count). The molecule has 2 nitrogen and oxygen atoms in total. The number of ether oxygens (including phenoxy) is 2. The molecule has 0 aromatic rings. The van der Waals surface area contributed by atoms with Gasteiger partial charge in [0.25, 0.3) is 0 Å². The fourth-order valence-electron chi connectivity index (χ4n) is 1.54. The van der Waals surface area contributed by atoms with Crippen molar-refractivity contribution in [3.8, 4) is 0 Å². The zero-order valence-corrected chi connectivity index (χ0v) is 16.0. The molecule has 0 saturated carbocycles. The zero-order chi connectivity index (χ0) is 12.0. The number of rotatable bonds is 2. The van der Waals surface area contributed by atoms with Crippen molar-refractivity contribution in [2.75, 3.05) is 13.2 Å². The van der Waals surface area contributed by atoms with Crippen LogP contribution < -0.4 is 0 Å². The normalized spacial score (nSPS) is 26.7. The van der Waals surface area contributed by atoms with Gasteiger partial charge in [-0.25, -0.2) is 0 Å². The van der Waals surface area contributed by atoms with Crippen LogP contribution in [0.3, 0.4) is 0 Å². The molecule has 0 bridgehead atoms. The van der Waals surface area contributed by atoms with E-state index in [2.05, 4.69) is 24.4 Å². The molecule has 0 N–H and O–H groups in total. The van der Waals surface area contributed by atoms with Gasteiger partial charge in [0.15, 0.2) is 0 Å². The van der Waals surface area contributed by atoms with Gasteiger partial charge in [-0.3, -0.25) is 0 Å². The van der Waals surface area contributed by atoms with E-state index in [0.717, 1.165) is 38.9 Å². The zero-order valence-electron chi connectivity index (χ0n) is 9.63. The molecule has 0 radical (unpaired) electrons. The van der Waals surface area contributed by atoms with Crippen LogP contribution in [0.15, 0.2) is 0 Å². The predicted octanol–water partition coefficient (Wildman–Crippen LogP) is 0.240. The van der Waals surface area contributed by atoms with Crippen LogP contribution in [-0.4, -0.2) is 33.8 Å². The summed E-state index contributed by atoms with van der Waals surface area (Å²) in [7, 11) is 0. The Hall–Kier alpha value is 1.42. The molecule has 2 saturated heterocycles. The van der Waals surface area contributed by atoms with Gasteiger partial charge >= 0.3 is 19.5 Å². The smallest absolute Gasteiger partial charge is 0.695 e. The average Bonchev–Trinajstić information content (AvgIpc) is 2.93. The first-order valence-corrected chi connectivity index (χ1v) is 7.01. The standard InChI is InChI=1S/2C5H8OS2.Zn/c2*7-5(8)4-2-1-3-6-4;/h2*4H,1-3H2,(H,7,8);/q;;+2. The molecule has 0 aromatic carbocycles. The molecule has 92 valence electrons. The first-order chi connectivity index (χ1) is 7.61. The Bertz CT molecular complexity index is 225. The summed E-state index contributed by atoms with van der Waals surface area (Å²) < 4.78 is 11.8. The van der Waals surface area contributed by atoms with Crippen molar-refractivity contribution in [2.45, 2.75) is 37.9 Å². The topological polar surface area (TPSA) is 18.5 Å². The van der Waals surface area contributed by atoms with E-state index in [4.69, 9.17) is 34.7 Å². The van der Waals surface area contributed by atoms with Crippen LogP contribution in [0.4, 0.5) is 0 Å². The van der Waals surface area contributed by atoms with Crippen molar-refractivity contribution in [1.29, 1.82) is 0 Å². The molecule has 2 aliphatic heterocycles. The minimum absolute atomic E-state index is 0. The maximum Gasteiger partial charge on any atom is 2.00 e. The maximum absolute atomic E-state index is 5.20. The maximum atomic E-state index is 5.20. The Morgan fingerprint density at radius 1 is 0.882 bits per heavy atom. The van der Waals surface area contributed by atoms with E-state index in [9.17, 15) is 0 Å². The third-order valence-electron chi connectivity index (χ3n) is 2.41. The summed E-state index contributed by atoms with van der Waals surface area (Å²) in [6.07, 6.45) is 4.70. The fraction of sp³-hybridized carbons (Fsp3) is 0.800. The summed E-state index contributed by atoms with van der Waals surface area (Å²) in [6.45, 7) is 1.71. The van der Waals surface area contributed by atoms with Gasteiger partial charge in [0, 0.05) is 13.2 Å². The molecule has 2 atom stereocenters. The monoisotopic (exact) mass is 360 g/mol. The van der Waals surface area contributed by atoms with Gasteiger partial charge in [-0.1, -0.05) is 0 Å². The third kappa shape index (κ3) is 7.55. The van der Waals surface area contributed by atoms with Gasteiger partial charge in [-0.15, -0.1) is 0 Å². The first-order valence-electron chi connectivity index (χ1n) is 5.30. The van der Waals surface area contributed by atoms with Gasteiger partial charge in [0.05, 0.1) is 8.39 Å². The Morgan fingerprint density at radius 2 is 1.24 bits per heavy atom. The summed E-state index contributed by atoms with van der Waals surface area (Å²) in [5.41, 5.74) is 0. The molecule has 2 unspecified atom stereocenters. The average molecular weight is 362 g/mol. The van der Waals surface area contributed by atoms with E-state index >= 15 is 0 Å². The van der Waals surface area contributed by atoms with E-state index in [0.29, 0.717) is 8.39 Å². The second-order valence-corrected chi connectivity index (χ2v) is 6.13. The van der Waals surface area contributed by atoms with E-state index < -0.39 is 0 Å². The van der Waals surface area contributed by atoms with E-state index in [1.54, 1.807) is 0 Å². The molecule has 0 aromatic heterocycles. The number of thiol groups is 2. The minimum Gasteiger partial charge on any atom is -0.695 e. The number of hydrogen-bond acceptors (Lipinski definition) is 4. The largest absolute Gasteiger partial charge is 2.00 e. The Morgan fingerprint density at radius 3 is 1.35 bits per heavy atom. The van der Waals surface area contributed by atoms with Crippen molar-refractivity contribution in [3.63, 3.8) is 0 Å². The second kappa shape index (κ2) is 10.2. The van der Waals surface area contributed by atoms with Crippen LogP contribution in [0.1, 0.15) is 25.7 Å². The third-order valence-corrected chi connectivity index (χ3v) is 3.51. The first kappa shape index (κ1) is 18.4. The van der Waals surface area contributed by atoms with Crippen molar-refractivity contribution in [1.82, 2.24) is 0 Å². The second-order valence-electron chi connectivity index (χ2n) is 3.68. The van der Waals surface area contributed by atoms with Gasteiger partial charge in [0.2, 0.25) is 0 Å². The van der Waals surface area contributed by atoms with Crippen molar-refractivity contribution in [3.05, 3.63) is 0 Å². The minimum atomic E-state index is 0. The van der Waals surface area contributed by atoms with Crippen molar-refractivity contribution in [2.24, 2.45) is 0 Å². The van der Waals surface area contributed by atoms with Crippen LogP contribution in [0.25, 0.3) is 0 Å². The fourth-order valence-corrected chi connectivity index (χ4v) is 2.32. The molecule has 17 heavy (non-hydrogen) atoms. The molecule has 0 spiro atoms. The molecule has 7 heteroatoms. The van der Waals surface area contributed by atoms with Gasteiger partial charge in [-0.05, 0) is 25.7 Å². The summed E-state index contributed by atoms with van der Waals surface area (Å²) in [6, 6.07) is 0. The van der Waals surface area contributed by atoms with E-state index in [1.165, 1.54) is 0 Å². The summed E-state index contributed by atoms with van der Waals surface area (Å²) in [4.78, 5) is 0. The van der Waals surface area contributed by atoms with Gasteiger partial charge in [0.1, 0.15) is 36.6 Å². The predicted molar refractivity (Wildman–Crippen MR) is 80.2 cm³/mol. The summed E-state index contributed by atoms with van der Waals surface area (Å²) in [5, 5.41) is 0. The Balaban J connectivity index is 0.000000284. The Kier molecular flexibility index (Phi) is 11.1. The molecular weight excluding hydrogens is 346 g/mol. The van der Waals surface area contributed by atoms with Gasteiger partial charge < -0.3 is 34.7 Å². The molecular formula is C10H16O2S4Zn+2. The van der Waals surface area contributed by atoms with Crippen LogP contribution in [0.5, 0.6) is 0 Å². The van der Waals surface area contributed by atoms with Crippen LogP contribution in [0.2, 0.25) is 0 Å². The van der Waals surface area contributed by atoms with Crippen LogP contribution in [0, 0.1) is 0 Å². The van der Waals surface area contributed by atoms with Crippen LogP contribution in [-0.2, 0) is 78.6 Å². The van der Waals surface area contributed by atoms with Crippen molar-refractivity contribution < 1.29 is 29.0 Å². The molecule has 2 heterocycles. The van der Waals surface area contributed by atoms with Crippen molar-refractivity contribution >= 4 is 58.1 Å². The van der Waals surface area contributed by atoms with E-state index in [-0.39, 0.29) is 31.7 Å². The molecule has 0 amide bonds. The molecule has 2 aliphatic rings. The SMILES string of the molecule is [S-]C(=[SH+])C1CCCO1.[S-]C(=[SH+])C1CCCO1.[Zn+2]. The number of hydrogen-bond donors (Lipinski definition) is 0. The molecule has 0 aliphatic carbocycles. The summed E-state index contributed by atoms with van der Waals surface area (Å²) >= 11 is 17.6. The van der Waals surface area contributed by atoms with E-state index in [1.807, 2.05) is 0 Å². The van der Waals surface area contributed by atoms with Crippen LogP contribution >= 0.6 is 0 Å².